The van der Waals surface area contributed by atoms with E-state index in [0.717, 1.165) is 0 Å². The highest BCUT2D eigenvalue weighted by Crippen LogP contribution is 2.29. The van der Waals surface area contributed by atoms with Gasteiger partial charge >= 0.3 is 0 Å². The number of nitrogens with zero attached hydrogens (tertiary/aromatic N) is 3. The van der Waals surface area contributed by atoms with Crippen LogP contribution in [0.3, 0.4) is 0 Å². The molecule has 1 aromatic heterocycles. The quantitative estimate of drug-likeness (QED) is 0.821. The first-order valence-electron chi connectivity index (χ1n) is 7.39. The molecule has 2 saturated heterocycles. The van der Waals surface area contributed by atoms with Gasteiger partial charge in [-0.1, -0.05) is 34.5 Å². The average Bonchev–Trinajstić information content (AvgIpc) is 3.21. The Kier molecular flexibility index (Phi) is 4.28. The lowest BCUT2D eigenvalue weighted by molar-refractivity contribution is -0.168. The van der Waals surface area contributed by atoms with Crippen molar-refractivity contribution in [1.29, 1.82) is 0 Å². The van der Waals surface area contributed by atoms with Gasteiger partial charge in [0.25, 0.3) is 0 Å². The number of carbonyl (C=O) groups excluding carboxylic acids is 1. The van der Waals surface area contributed by atoms with Gasteiger partial charge in [-0.05, 0) is 12.1 Å². The van der Waals surface area contributed by atoms with Crippen molar-refractivity contribution < 1.29 is 19.0 Å². The molecule has 3 atom stereocenters. The van der Waals surface area contributed by atoms with Crippen LogP contribution in [-0.4, -0.2) is 45.9 Å². The summed E-state index contributed by atoms with van der Waals surface area (Å²) in [6, 6.07) is 5.27. The molecule has 0 N–H and O–H groups in total. The highest BCUT2D eigenvalue weighted by molar-refractivity contribution is 6.43. The number of fused-ring (bicyclic) bond motifs is 2. The summed E-state index contributed by atoms with van der Waals surface area (Å²) in [5.74, 6) is -0.0943. The largest absolute Gasteiger partial charge is 0.369 e. The number of halogens is 2. The Labute approximate surface area is 147 Å². The summed E-state index contributed by atoms with van der Waals surface area (Å²) in [7, 11) is 0. The second kappa shape index (κ2) is 6.42. The van der Waals surface area contributed by atoms with E-state index >= 15 is 0 Å². The standard InChI is InChI=1S/C15H13Cl2N3O4/c16-9-2-1-3-10(14(9)17)20-5-8(18-19-20)6-22-12-4-11(21)15-23-7-13(12)24-15/h1-3,5,12-13,15H,4,6-7H2/t12-,13+,15+/m0/s1. The van der Waals surface area contributed by atoms with Crippen LogP contribution in [0.4, 0.5) is 0 Å². The zero-order valence-electron chi connectivity index (χ0n) is 12.4. The molecule has 0 unspecified atom stereocenters. The molecule has 0 spiro atoms. The molecule has 2 aliphatic heterocycles. The van der Waals surface area contributed by atoms with Gasteiger partial charge in [0.05, 0.1) is 41.2 Å². The lowest BCUT2D eigenvalue weighted by atomic mass is 10.1. The van der Waals surface area contributed by atoms with Crippen molar-refractivity contribution in [3.05, 3.63) is 40.1 Å². The maximum atomic E-state index is 11.7. The molecule has 4 rings (SSSR count). The molecule has 3 heterocycles. The van der Waals surface area contributed by atoms with Crippen LogP contribution in [0.25, 0.3) is 5.69 Å². The van der Waals surface area contributed by atoms with Crippen molar-refractivity contribution in [1.82, 2.24) is 15.0 Å². The van der Waals surface area contributed by atoms with E-state index in [-0.39, 0.29) is 31.0 Å². The first kappa shape index (κ1) is 16.0. The predicted octanol–water partition coefficient (Wildman–Crippen LogP) is 2.17. The predicted molar refractivity (Wildman–Crippen MR) is 84.2 cm³/mol. The fraction of sp³-hybridized carbons (Fsp3) is 0.400. The number of hydrogen-bond acceptors (Lipinski definition) is 6. The van der Waals surface area contributed by atoms with E-state index in [1.54, 1.807) is 24.4 Å². The Morgan fingerprint density at radius 3 is 3.12 bits per heavy atom. The molecule has 2 bridgehead atoms. The SMILES string of the molecule is O=C1C[C@H](OCc2cn(-c3cccc(Cl)c3Cl)nn2)[C@H]2CO[C@@H]1O2. The van der Waals surface area contributed by atoms with Gasteiger partial charge in [0.1, 0.15) is 11.8 Å². The molecular formula is C15H13Cl2N3O4. The lowest BCUT2D eigenvalue weighted by Gasteiger charge is -2.25. The molecule has 7 nitrogen and oxygen atoms in total. The van der Waals surface area contributed by atoms with Crippen LogP contribution in [0.2, 0.25) is 10.0 Å². The smallest absolute Gasteiger partial charge is 0.218 e. The lowest BCUT2D eigenvalue weighted by Crippen LogP contribution is -2.40. The van der Waals surface area contributed by atoms with Crippen LogP contribution >= 0.6 is 23.2 Å². The number of aromatic nitrogens is 3. The van der Waals surface area contributed by atoms with Gasteiger partial charge in [0.15, 0.2) is 5.78 Å². The summed E-state index contributed by atoms with van der Waals surface area (Å²) >= 11 is 12.2. The second-order valence-corrected chi connectivity index (χ2v) is 6.37. The molecule has 0 amide bonds. The molecule has 2 aromatic rings. The second-order valence-electron chi connectivity index (χ2n) is 5.59. The van der Waals surface area contributed by atoms with Crippen LogP contribution in [0.1, 0.15) is 12.1 Å². The Balaban J connectivity index is 1.44. The summed E-state index contributed by atoms with van der Waals surface area (Å²) in [5.41, 5.74) is 1.24. The van der Waals surface area contributed by atoms with Crippen molar-refractivity contribution in [2.45, 2.75) is 31.5 Å². The Hall–Kier alpha value is -1.51. The highest BCUT2D eigenvalue weighted by Gasteiger charge is 2.43. The minimum absolute atomic E-state index is 0.0943. The van der Waals surface area contributed by atoms with Crippen molar-refractivity contribution in [3.8, 4) is 5.69 Å². The number of carbonyl (C=O) groups is 1. The monoisotopic (exact) mass is 369 g/mol. The van der Waals surface area contributed by atoms with E-state index in [0.29, 0.717) is 28.0 Å². The van der Waals surface area contributed by atoms with Gasteiger partial charge < -0.3 is 14.2 Å². The van der Waals surface area contributed by atoms with Crippen molar-refractivity contribution in [2.75, 3.05) is 6.61 Å². The number of Topliss-reactive ketones (excluding diaryl/α,β-unsaturated/α-hetero) is 1. The third kappa shape index (κ3) is 2.94. The molecule has 1 aromatic carbocycles. The van der Waals surface area contributed by atoms with Gasteiger partial charge in [-0.2, -0.15) is 0 Å². The Bertz CT molecular complexity index is 782. The van der Waals surface area contributed by atoms with E-state index < -0.39 is 6.29 Å². The third-order valence-electron chi connectivity index (χ3n) is 3.95. The maximum absolute atomic E-state index is 11.7. The number of ether oxygens (including phenoxy) is 3. The minimum Gasteiger partial charge on any atom is -0.369 e. The van der Waals surface area contributed by atoms with Gasteiger partial charge in [-0.3, -0.25) is 4.79 Å². The average molecular weight is 370 g/mol. The van der Waals surface area contributed by atoms with Crippen LogP contribution in [0.5, 0.6) is 0 Å². The molecule has 9 heteroatoms. The van der Waals surface area contributed by atoms with Crippen LogP contribution < -0.4 is 0 Å². The Morgan fingerprint density at radius 1 is 1.38 bits per heavy atom. The van der Waals surface area contributed by atoms with Crippen molar-refractivity contribution in [2.24, 2.45) is 0 Å². The summed E-state index contributed by atoms with van der Waals surface area (Å²) in [5, 5.41) is 8.93. The van der Waals surface area contributed by atoms with E-state index in [2.05, 4.69) is 10.3 Å². The van der Waals surface area contributed by atoms with Gasteiger partial charge in [-0.25, -0.2) is 4.68 Å². The zero-order chi connectivity index (χ0) is 16.7. The third-order valence-corrected chi connectivity index (χ3v) is 4.76. The molecule has 0 saturated carbocycles. The minimum atomic E-state index is -0.722. The number of ketones is 1. The molecule has 0 aliphatic carbocycles. The zero-order valence-corrected chi connectivity index (χ0v) is 13.9. The normalized spacial score (nSPS) is 26.1. The van der Waals surface area contributed by atoms with Crippen molar-refractivity contribution >= 4 is 29.0 Å². The molecule has 2 aliphatic rings. The molecule has 126 valence electrons. The van der Waals surface area contributed by atoms with Crippen LogP contribution in [0.15, 0.2) is 24.4 Å². The fourth-order valence-electron chi connectivity index (χ4n) is 2.72. The number of rotatable bonds is 4. The molecule has 0 radical (unpaired) electrons. The van der Waals surface area contributed by atoms with Gasteiger partial charge in [-0.15, -0.1) is 5.10 Å². The van der Waals surface area contributed by atoms with Gasteiger partial charge in [0.2, 0.25) is 6.29 Å². The number of benzene rings is 1. The van der Waals surface area contributed by atoms with Crippen LogP contribution in [-0.2, 0) is 25.6 Å². The molecular weight excluding hydrogens is 357 g/mol. The molecule has 24 heavy (non-hydrogen) atoms. The maximum Gasteiger partial charge on any atom is 0.218 e. The first-order chi connectivity index (χ1) is 11.6. The summed E-state index contributed by atoms with van der Waals surface area (Å²) in [4.78, 5) is 11.7. The van der Waals surface area contributed by atoms with E-state index in [1.165, 1.54) is 4.68 Å². The van der Waals surface area contributed by atoms with E-state index in [4.69, 9.17) is 37.4 Å². The van der Waals surface area contributed by atoms with Crippen LogP contribution in [0, 0.1) is 0 Å². The highest BCUT2D eigenvalue weighted by atomic mass is 35.5. The van der Waals surface area contributed by atoms with E-state index in [9.17, 15) is 4.79 Å². The number of hydrogen-bond donors (Lipinski definition) is 0. The van der Waals surface area contributed by atoms with E-state index in [1.807, 2.05) is 0 Å². The van der Waals surface area contributed by atoms with Gasteiger partial charge in [0, 0.05) is 6.42 Å². The summed E-state index contributed by atoms with van der Waals surface area (Å²) in [6.45, 7) is 0.576. The first-order valence-corrected chi connectivity index (χ1v) is 8.14. The summed E-state index contributed by atoms with van der Waals surface area (Å²) in [6.07, 6.45) is 0.711. The topological polar surface area (TPSA) is 75.5 Å². The van der Waals surface area contributed by atoms with Crippen molar-refractivity contribution in [3.63, 3.8) is 0 Å². The molecule has 2 fully saturated rings. The fourth-order valence-corrected chi connectivity index (χ4v) is 3.10. The Morgan fingerprint density at radius 2 is 2.25 bits per heavy atom. The summed E-state index contributed by atoms with van der Waals surface area (Å²) < 4.78 is 18.0.